The van der Waals surface area contributed by atoms with Gasteiger partial charge in [-0.2, -0.15) is 0 Å². The number of carboxylic acids is 2. The topological polar surface area (TPSA) is 95.9 Å². The average molecular weight is 353 g/mol. The number of ether oxygens (including phenoxy) is 1. The summed E-state index contributed by atoms with van der Waals surface area (Å²) in [5.41, 5.74) is 1.34. The molecule has 6 nitrogen and oxygen atoms in total. The molecule has 1 atom stereocenters. The Labute approximate surface area is 150 Å². The summed E-state index contributed by atoms with van der Waals surface area (Å²) >= 11 is 0. The Kier molecular flexibility index (Phi) is 13.1. The molecule has 0 aliphatic heterocycles. The summed E-state index contributed by atoms with van der Waals surface area (Å²) < 4.78 is 5.93. The summed E-state index contributed by atoms with van der Waals surface area (Å²) in [6.07, 6.45) is 4.74. The summed E-state index contributed by atoms with van der Waals surface area (Å²) in [5, 5.41) is 18.2. The molecule has 0 saturated heterocycles. The lowest BCUT2D eigenvalue weighted by Gasteiger charge is -2.15. The molecule has 1 unspecified atom stereocenters. The van der Waals surface area contributed by atoms with Crippen molar-refractivity contribution in [3.8, 4) is 5.75 Å². The van der Waals surface area contributed by atoms with E-state index in [9.17, 15) is 0 Å². The molecule has 142 valence electrons. The Morgan fingerprint density at radius 1 is 1.08 bits per heavy atom. The third-order valence-corrected chi connectivity index (χ3v) is 3.71. The lowest BCUT2D eigenvalue weighted by molar-refractivity contribution is -0.159. The zero-order chi connectivity index (χ0) is 19.1. The van der Waals surface area contributed by atoms with E-state index in [1.165, 1.54) is 18.4 Å². The van der Waals surface area contributed by atoms with Gasteiger partial charge in [-0.25, -0.2) is 9.59 Å². The van der Waals surface area contributed by atoms with Crippen LogP contribution in [0, 0.1) is 0 Å². The molecule has 1 rings (SSSR count). The Morgan fingerprint density at radius 2 is 1.68 bits per heavy atom. The van der Waals surface area contributed by atoms with Gasteiger partial charge in [-0.3, -0.25) is 0 Å². The summed E-state index contributed by atoms with van der Waals surface area (Å²) in [6.45, 7) is 9.67. The van der Waals surface area contributed by atoms with E-state index in [4.69, 9.17) is 24.5 Å². The third kappa shape index (κ3) is 11.2. The maximum atomic E-state index is 9.10. The van der Waals surface area contributed by atoms with E-state index in [0.29, 0.717) is 5.92 Å². The van der Waals surface area contributed by atoms with Crippen molar-refractivity contribution in [2.75, 3.05) is 19.7 Å². The highest BCUT2D eigenvalue weighted by molar-refractivity contribution is 6.27. The first kappa shape index (κ1) is 22.9. The number of rotatable bonds is 10. The lowest BCUT2D eigenvalue weighted by Crippen LogP contribution is -2.18. The van der Waals surface area contributed by atoms with E-state index < -0.39 is 11.9 Å². The second kappa shape index (κ2) is 14.3. The van der Waals surface area contributed by atoms with E-state index >= 15 is 0 Å². The van der Waals surface area contributed by atoms with E-state index in [-0.39, 0.29) is 0 Å². The summed E-state index contributed by atoms with van der Waals surface area (Å²) in [4.78, 5) is 18.2. The number of benzene rings is 1. The van der Waals surface area contributed by atoms with Crippen molar-refractivity contribution in [1.29, 1.82) is 0 Å². The fourth-order valence-corrected chi connectivity index (χ4v) is 2.05. The van der Waals surface area contributed by atoms with Gasteiger partial charge in [0.1, 0.15) is 5.75 Å². The smallest absolute Gasteiger partial charge is 0.414 e. The highest BCUT2D eigenvalue weighted by atomic mass is 16.5. The second-order valence-electron chi connectivity index (χ2n) is 5.76. The zero-order valence-corrected chi connectivity index (χ0v) is 15.5. The Morgan fingerprint density at radius 3 is 2.24 bits per heavy atom. The molecule has 0 saturated carbocycles. The molecular weight excluding hydrogens is 322 g/mol. The number of carboxylic acid groups (broad SMARTS) is 2. The first-order valence-corrected chi connectivity index (χ1v) is 8.82. The maximum Gasteiger partial charge on any atom is 0.414 e. The third-order valence-electron chi connectivity index (χ3n) is 3.71. The predicted molar refractivity (Wildman–Crippen MR) is 98.3 cm³/mol. The minimum absolute atomic E-state index is 0.568. The predicted octanol–water partition coefficient (Wildman–Crippen LogP) is 3.51. The van der Waals surface area contributed by atoms with Crippen molar-refractivity contribution >= 4 is 11.9 Å². The minimum Gasteiger partial charge on any atom is -0.493 e. The van der Waals surface area contributed by atoms with Crippen molar-refractivity contribution in [1.82, 2.24) is 5.32 Å². The molecule has 0 bridgehead atoms. The molecule has 3 N–H and O–H groups in total. The van der Waals surface area contributed by atoms with Gasteiger partial charge in [0, 0.05) is 0 Å². The molecule has 0 amide bonds. The van der Waals surface area contributed by atoms with Gasteiger partial charge in [0.15, 0.2) is 0 Å². The summed E-state index contributed by atoms with van der Waals surface area (Å²) in [7, 11) is 0. The van der Waals surface area contributed by atoms with E-state index in [1.807, 2.05) is 0 Å². The van der Waals surface area contributed by atoms with Crippen LogP contribution in [0.2, 0.25) is 0 Å². The number of carbonyl (C=O) groups is 2. The number of para-hydroxylation sites is 1. The van der Waals surface area contributed by atoms with Crippen LogP contribution in [0.15, 0.2) is 24.3 Å². The maximum absolute atomic E-state index is 9.10. The van der Waals surface area contributed by atoms with Crippen molar-refractivity contribution in [3.63, 3.8) is 0 Å². The van der Waals surface area contributed by atoms with Gasteiger partial charge in [0.2, 0.25) is 0 Å². The van der Waals surface area contributed by atoms with Gasteiger partial charge >= 0.3 is 11.9 Å². The van der Waals surface area contributed by atoms with E-state index in [0.717, 1.165) is 38.3 Å². The van der Waals surface area contributed by atoms with Crippen LogP contribution in [0.5, 0.6) is 5.75 Å². The molecular formula is C19H31NO5. The molecule has 0 aliphatic carbocycles. The normalized spacial score (nSPS) is 11.2. The molecule has 1 aromatic carbocycles. The Hall–Kier alpha value is -2.08. The van der Waals surface area contributed by atoms with Crippen LogP contribution in [0.4, 0.5) is 0 Å². The van der Waals surface area contributed by atoms with Crippen molar-refractivity contribution in [2.45, 2.75) is 52.4 Å². The Bertz CT molecular complexity index is 492. The zero-order valence-electron chi connectivity index (χ0n) is 15.5. The molecule has 25 heavy (non-hydrogen) atoms. The van der Waals surface area contributed by atoms with Crippen LogP contribution in [-0.4, -0.2) is 41.8 Å². The molecule has 0 aromatic heterocycles. The summed E-state index contributed by atoms with van der Waals surface area (Å²) in [6, 6.07) is 8.43. The van der Waals surface area contributed by atoms with Crippen LogP contribution < -0.4 is 10.1 Å². The first-order valence-electron chi connectivity index (χ1n) is 8.82. The molecule has 0 spiro atoms. The quantitative estimate of drug-likeness (QED) is 0.440. The minimum atomic E-state index is -1.82. The lowest BCUT2D eigenvalue weighted by atomic mass is 9.98. The highest BCUT2D eigenvalue weighted by Gasteiger charge is 2.08. The average Bonchev–Trinajstić information content (AvgIpc) is 2.61. The van der Waals surface area contributed by atoms with Crippen molar-refractivity contribution in [2.24, 2.45) is 0 Å². The first-order chi connectivity index (χ1) is 11.9. The molecule has 0 radical (unpaired) electrons. The number of unbranched alkanes of at least 4 members (excludes halogenated alkanes) is 1. The van der Waals surface area contributed by atoms with Gasteiger partial charge in [-0.15, -0.1) is 0 Å². The fourth-order valence-electron chi connectivity index (χ4n) is 2.05. The molecule has 6 heteroatoms. The summed E-state index contributed by atoms with van der Waals surface area (Å²) in [5.74, 6) is -2.02. The second-order valence-corrected chi connectivity index (χ2v) is 5.76. The number of hydrogen-bond acceptors (Lipinski definition) is 4. The van der Waals surface area contributed by atoms with Gasteiger partial charge in [0.05, 0.1) is 6.61 Å². The van der Waals surface area contributed by atoms with Crippen molar-refractivity contribution < 1.29 is 24.5 Å². The van der Waals surface area contributed by atoms with Crippen LogP contribution in [0.3, 0.4) is 0 Å². The number of nitrogens with one attached hydrogen (secondary N) is 1. The number of aliphatic carboxylic acids is 2. The fraction of sp³-hybridized carbons (Fsp3) is 0.579. The van der Waals surface area contributed by atoms with Gasteiger partial charge in [0.25, 0.3) is 0 Å². The molecule has 0 aliphatic rings. The van der Waals surface area contributed by atoms with E-state index in [1.54, 1.807) is 0 Å². The van der Waals surface area contributed by atoms with Gasteiger partial charge in [-0.05, 0) is 49.9 Å². The SMILES string of the molecule is CCCCNCCCOc1ccccc1C(C)CC.O=C(O)C(=O)O. The largest absolute Gasteiger partial charge is 0.493 e. The molecule has 0 heterocycles. The van der Waals surface area contributed by atoms with Crippen LogP contribution in [0.1, 0.15) is 57.9 Å². The van der Waals surface area contributed by atoms with Crippen LogP contribution in [0.25, 0.3) is 0 Å². The highest BCUT2D eigenvalue weighted by Crippen LogP contribution is 2.28. The molecule has 1 aromatic rings. The standard InChI is InChI=1S/C17H29NO.C2H2O4/c1-4-6-12-18-13-9-14-19-17-11-8-7-10-16(17)15(3)5-2;3-1(4)2(5)6/h7-8,10-11,15,18H,4-6,9,12-14H2,1-3H3;(H,3,4)(H,5,6). The van der Waals surface area contributed by atoms with Crippen molar-refractivity contribution in [3.05, 3.63) is 29.8 Å². The van der Waals surface area contributed by atoms with Crippen LogP contribution >= 0.6 is 0 Å². The van der Waals surface area contributed by atoms with Gasteiger partial charge < -0.3 is 20.3 Å². The monoisotopic (exact) mass is 353 g/mol. The van der Waals surface area contributed by atoms with Crippen LogP contribution in [-0.2, 0) is 9.59 Å². The molecule has 0 fully saturated rings. The number of hydrogen-bond donors (Lipinski definition) is 3. The van der Waals surface area contributed by atoms with Gasteiger partial charge in [-0.1, -0.05) is 45.4 Å². The Balaban J connectivity index is 0.000000823. The van der Waals surface area contributed by atoms with E-state index in [2.05, 4.69) is 50.4 Å².